The van der Waals surface area contributed by atoms with Crippen LogP contribution in [0.5, 0.6) is 11.5 Å². The molecular formula is C24H18Cl2N2O3S. The highest BCUT2D eigenvalue weighted by molar-refractivity contribution is 7.19. The molecule has 1 N–H and O–H groups in total. The van der Waals surface area contributed by atoms with Gasteiger partial charge in [-0.15, -0.1) is 0 Å². The molecule has 0 saturated carbocycles. The number of aromatic nitrogens is 1. The van der Waals surface area contributed by atoms with Crippen molar-refractivity contribution in [2.45, 2.75) is 0 Å². The summed E-state index contributed by atoms with van der Waals surface area (Å²) < 4.78 is 10.5. The van der Waals surface area contributed by atoms with Crippen molar-refractivity contribution in [3.8, 4) is 33.2 Å². The number of nitrogens with one attached hydrogen (secondary N) is 1. The van der Waals surface area contributed by atoms with E-state index >= 15 is 0 Å². The number of ether oxygens (including phenoxy) is 2. The summed E-state index contributed by atoms with van der Waals surface area (Å²) in [5.41, 5.74) is 2.93. The molecule has 0 atom stereocenters. The van der Waals surface area contributed by atoms with E-state index in [1.165, 1.54) is 17.4 Å². The summed E-state index contributed by atoms with van der Waals surface area (Å²) in [7, 11) is 3.25. The Hall–Kier alpha value is -3.06. The number of carbonyl (C=O) groups is 1. The Labute approximate surface area is 199 Å². The van der Waals surface area contributed by atoms with Crippen molar-refractivity contribution >= 4 is 45.6 Å². The molecule has 0 unspecified atom stereocenters. The van der Waals surface area contributed by atoms with Crippen LogP contribution in [0, 0.1) is 0 Å². The van der Waals surface area contributed by atoms with Gasteiger partial charge < -0.3 is 9.47 Å². The molecule has 5 nitrogen and oxygen atoms in total. The van der Waals surface area contributed by atoms with E-state index in [2.05, 4.69) is 5.32 Å². The summed E-state index contributed by atoms with van der Waals surface area (Å²) in [5, 5.41) is 4.05. The van der Waals surface area contributed by atoms with Crippen LogP contribution in [0.2, 0.25) is 10.0 Å². The van der Waals surface area contributed by atoms with Crippen LogP contribution < -0.4 is 14.8 Å². The van der Waals surface area contributed by atoms with E-state index in [0.717, 1.165) is 33.2 Å². The highest BCUT2D eigenvalue weighted by Gasteiger charge is 2.18. The van der Waals surface area contributed by atoms with Gasteiger partial charge in [0.25, 0.3) is 5.91 Å². The Balaban J connectivity index is 1.73. The maximum atomic E-state index is 12.8. The first-order chi connectivity index (χ1) is 15.5. The van der Waals surface area contributed by atoms with Crippen molar-refractivity contribution < 1.29 is 14.3 Å². The summed E-state index contributed by atoms with van der Waals surface area (Å²) >= 11 is 13.5. The van der Waals surface area contributed by atoms with E-state index in [1.54, 1.807) is 26.4 Å². The summed E-state index contributed by atoms with van der Waals surface area (Å²) in [4.78, 5) is 18.4. The average Bonchev–Trinajstić information content (AvgIpc) is 3.22. The van der Waals surface area contributed by atoms with Gasteiger partial charge in [0.05, 0.1) is 35.4 Å². The van der Waals surface area contributed by atoms with E-state index < -0.39 is 0 Å². The van der Waals surface area contributed by atoms with Crippen LogP contribution in [0.3, 0.4) is 0 Å². The SMILES string of the molecule is COc1ccc(-c2nc(NC(=O)c3ccc(Cl)cc3Cl)sc2-c2ccc(OC)cc2)cc1. The Morgan fingerprint density at radius 2 is 1.47 bits per heavy atom. The van der Waals surface area contributed by atoms with Gasteiger partial charge in [-0.3, -0.25) is 10.1 Å². The third kappa shape index (κ3) is 4.72. The molecule has 0 spiro atoms. The Kier molecular flexibility index (Phi) is 6.65. The molecule has 0 aliphatic heterocycles. The number of hydrogen-bond donors (Lipinski definition) is 1. The first-order valence-corrected chi connectivity index (χ1v) is 11.1. The number of amides is 1. The second-order valence-electron chi connectivity index (χ2n) is 6.73. The van der Waals surface area contributed by atoms with Crippen LogP contribution in [0.4, 0.5) is 5.13 Å². The first-order valence-electron chi connectivity index (χ1n) is 9.54. The van der Waals surface area contributed by atoms with Crippen LogP contribution in [0.15, 0.2) is 66.7 Å². The number of halogens is 2. The van der Waals surface area contributed by atoms with Gasteiger partial charge in [-0.1, -0.05) is 34.5 Å². The minimum absolute atomic E-state index is 0.275. The van der Waals surface area contributed by atoms with Crippen molar-refractivity contribution in [3.63, 3.8) is 0 Å². The molecule has 4 rings (SSSR count). The quantitative estimate of drug-likeness (QED) is 0.318. The first kappa shape index (κ1) is 22.1. The Morgan fingerprint density at radius 1 is 0.875 bits per heavy atom. The molecular weight excluding hydrogens is 467 g/mol. The smallest absolute Gasteiger partial charge is 0.258 e. The standard InChI is InChI=1S/C24H18Cl2N2O3S/c1-30-17-8-3-14(4-9-17)21-22(15-5-10-18(31-2)11-6-15)32-24(27-21)28-23(29)19-12-7-16(25)13-20(19)26/h3-13H,1-2H3,(H,27,28,29). The normalized spacial score (nSPS) is 10.6. The molecule has 32 heavy (non-hydrogen) atoms. The lowest BCUT2D eigenvalue weighted by Crippen LogP contribution is -2.12. The lowest BCUT2D eigenvalue weighted by Gasteiger charge is -2.05. The maximum absolute atomic E-state index is 12.8. The number of hydrogen-bond acceptors (Lipinski definition) is 5. The zero-order chi connectivity index (χ0) is 22.7. The van der Waals surface area contributed by atoms with Crippen molar-refractivity contribution in [2.24, 2.45) is 0 Å². The van der Waals surface area contributed by atoms with Crippen molar-refractivity contribution in [1.29, 1.82) is 0 Å². The summed E-state index contributed by atoms with van der Waals surface area (Å²) in [6.45, 7) is 0. The van der Waals surface area contributed by atoms with E-state index in [0.29, 0.717) is 15.7 Å². The molecule has 4 aromatic rings. The number of rotatable bonds is 6. The molecule has 1 amide bonds. The molecule has 0 fully saturated rings. The molecule has 0 radical (unpaired) electrons. The van der Waals surface area contributed by atoms with E-state index in [4.69, 9.17) is 37.7 Å². The monoisotopic (exact) mass is 484 g/mol. The number of benzene rings is 3. The van der Waals surface area contributed by atoms with Crippen molar-refractivity contribution in [3.05, 3.63) is 82.3 Å². The number of carbonyl (C=O) groups excluding carboxylic acids is 1. The zero-order valence-electron chi connectivity index (χ0n) is 17.2. The van der Waals surface area contributed by atoms with Gasteiger partial charge in [0, 0.05) is 10.6 Å². The van der Waals surface area contributed by atoms with Gasteiger partial charge in [-0.05, 0) is 72.3 Å². The predicted octanol–water partition coefficient (Wildman–Crippen LogP) is 7.05. The number of methoxy groups -OCH3 is 2. The topological polar surface area (TPSA) is 60.5 Å². The second kappa shape index (κ2) is 9.61. The minimum atomic E-state index is -0.358. The van der Waals surface area contributed by atoms with Crippen LogP contribution in [-0.4, -0.2) is 25.1 Å². The van der Waals surface area contributed by atoms with Gasteiger partial charge in [-0.25, -0.2) is 4.98 Å². The third-order valence-corrected chi connectivity index (χ3v) is 6.31. The van der Waals surface area contributed by atoms with Crippen LogP contribution in [0.25, 0.3) is 21.7 Å². The highest BCUT2D eigenvalue weighted by Crippen LogP contribution is 2.40. The molecule has 162 valence electrons. The number of anilines is 1. The highest BCUT2D eigenvalue weighted by atomic mass is 35.5. The Bertz CT molecular complexity index is 1190. The molecule has 0 aliphatic carbocycles. The fourth-order valence-corrected chi connectivity index (χ4v) is 4.58. The zero-order valence-corrected chi connectivity index (χ0v) is 19.5. The van der Waals surface area contributed by atoms with E-state index in [9.17, 15) is 4.79 Å². The lowest BCUT2D eigenvalue weighted by molar-refractivity contribution is 0.102. The largest absolute Gasteiger partial charge is 0.497 e. The van der Waals surface area contributed by atoms with E-state index in [-0.39, 0.29) is 10.9 Å². The van der Waals surface area contributed by atoms with Gasteiger partial charge >= 0.3 is 0 Å². The number of thiazole rings is 1. The minimum Gasteiger partial charge on any atom is -0.497 e. The molecule has 8 heteroatoms. The van der Waals surface area contributed by atoms with Crippen LogP contribution in [0.1, 0.15) is 10.4 Å². The van der Waals surface area contributed by atoms with Gasteiger partial charge in [-0.2, -0.15) is 0 Å². The predicted molar refractivity (Wildman–Crippen MR) is 131 cm³/mol. The lowest BCUT2D eigenvalue weighted by atomic mass is 10.1. The maximum Gasteiger partial charge on any atom is 0.258 e. The van der Waals surface area contributed by atoms with Crippen molar-refractivity contribution in [2.75, 3.05) is 19.5 Å². The van der Waals surface area contributed by atoms with E-state index in [1.807, 2.05) is 48.5 Å². The van der Waals surface area contributed by atoms with Gasteiger partial charge in [0.2, 0.25) is 0 Å². The molecule has 1 aromatic heterocycles. The second-order valence-corrected chi connectivity index (χ2v) is 8.57. The average molecular weight is 485 g/mol. The molecule has 0 bridgehead atoms. The van der Waals surface area contributed by atoms with Gasteiger partial charge in [0.1, 0.15) is 11.5 Å². The summed E-state index contributed by atoms with van der Waals surface area (Å²) in [5.74, 6) is 1.15. The summed E-state index contributed by atoms with van der Waals surface area (Å²) in [6, 6.07) is 20.0. The van der Waals surface area contributed by atoms with Crippen LogP contribution in [-0.2, 0) is 0 Å². The molecule has 0 saturated heterocycles. The molecule has 3 aromatic carbocycles. The Morgan fingerprint density at radius 3 is 2.03 bits per heavy atom. The fraction of sp³-hybridized carbons (Fsp3) is 0.0833. The molecule has 1 heterocycles. The van der Waals surface area contributed by atoms with Crippen LogP contribution >= 0.6 is 34.5 Å². The fourth-order valence-electron chi connectivity index (χ4n) is 3.09. The molecule has 0 aliphatic rings. The van der Waals surface area contributed by atoms with Gasteiger partial charge in [0.15, 0.2) is 5.13 Å². The third-order valence-electron chi connectivity index (χ3n) is 4.74. The number of nitrogens with zero attached hydrogens (tertiary/aromatic N) is 1. The summed E-state index contributed by atoms with van der Waals surface area (Å²) in [6.07, 6.45) is 0. The van der Waals surface area contributed by atoms with Crippen molar-refractivity contribution in [1.82, 2.24) is 4.98 Å².